The SMILES string of the molecule is CC(=O)NCCCN1NC1(C)C. The Kier molecular flexibility index (Phi) is 2.69. The van der Waals surface area contributed by atoms with Crippen molar-refractivity contribution in [2.24, 2.45) is 0 Å². The van der Waals surface area contributed by atoms with Gasteiger partial charge in [-0.05, 0) is 20.3 Å². The van der Waals surface area contributed by atoms with Crippen LogP contribution in [0.1, 0.15) is 27.2 Å². The Hall–Kier alpha value is -0.610. The molecule has 4 nitrogen and oxygen atoms in total. The molecular formula is C8H17N3O. The van der Waals surface area contributed by atoms with Crippen LogP contribution in [0.5, 0.6) is 0 Å². The molecule has 0 aliphatic carbocycles. The van der Waals surface area contributed by atoms with Crippen LogP contribution in [-0.2, 0) is 4.79 Å². The van der Waals surface area contributed by atoms with Crippen molar-refractivity contribution in [1.29, 1.82) is 0 Å². The van der Waals surface area contributed by atoms with E-state index in [-0.39, 0.29) is 11.6 Å². The third kappa shape index (κ3) is 2.79. The van der Waals surface area contributed by atoms with Crippen molar-refractivity contribution >= 4 is 5.91 Å². The fourth-order valence-electron chi connectivity index (χ4n) is 1.14. The van der Waals surface area contributed by atoms with E-state index in [2.05, 4.69) is 29.6 Å². The first kappa shape index (κ1) is 9.48. The van der Waals surface area contributed by atoms with E-state index in [0.29, 0.717) is 0 Å². The lowest BCUT2D eigenvalue weighted by Crippen LogP contribution is -2.23. The molecular weight excluding hydrogens is 154 g/mol. The average Bonchev–Trinajstić information content (AvgIpc) is 2.51. The summed E-state index contributed by atoms with van der Waals surface area (Å²) >= 11 is 0. The average molecular weight is 171 g/mol. The van der Waals surface area contributed by atoms with E-state index in [1.807, 2.05) is 0 Å². The molecule has 1 unspecified atom stereocenters. The molecule has 0 spiro atoms. The second-order valence-corrected chi connectivity index (χ2v) is 3.66. The number of hydrogen-bond acceptors (Lipinski definition) is 3. The summed E-state index contributed by atoms with van der Waals surface area (Å²) < 4.78 is 0. The van der Waals surface area contributed by atoms with E-state index in [1.165, 1.54) is 0 Å². The molecule has 0 radical (unpaired) electrons. The number of rotatable bonds is 4. The van der Waals surface area contributed by atoms with Gasteiger partial charge in [0.1, 0.15) is 0 Å². The van der Waals surface area contributed by atoms with Gasteiger partial charge in [-0.1, -0.05) is 0 Å². The topological polar surface area (TPSA) is 54.0 Å². The highest BCUT2D eigenvalue weighted by molar-refractivity contribution is 5.72. The van der Waals surface area contributed by atoms with E-state index in [0.717, 1.165) is 19.5 Å². The normalized spacial score (nSPS) is 25.1. The maximum absolute atomic E-state index is 10.5. The zero-order valence-corrected chi connectivity index (χ0v) is 7.98. The van der Waals surface area contributed by atoms with E-state index in [9.17, 15) is 4.79 Å². The Morgan fingerprint density at radius 1 is 1.58 bits per heavy atom. The van der Waals surface area contributed by atoms with Crippen LogP contribution in [0.25, 0.3) is 0 Å². The van der Waals surface area contributed by atoms with Crippen LogP contribution in [0.3, 0.4) is 0 Å². The van der Waals surface area contributed by atoms with Gasteiger partial charge in [0.25, 0.3) is 0 Å². The molecule has 70 valence electrons. The second kappa shape index (κ2) is 3.41. The highest BCUT2D eigenvalue weighted by atomic mass is 16.1. The third-order valence-electron chi connectivity index (χ3n) is 1.97. The quantitative estimate of drug-likeness (QED) is 0.465. The Bertz CT molecular complexity index is 179. The molecule has 0 saturated carbocycles. The summed E-state index contributed by atoms with van der Waals surface area (Å²) in [6.07, 6.45) is 0.996. The monoisotopic (exact) mass is 171 g/mol. The molecule has 1 fully saturated rings. The van der Waals surface area contributed by atoms with Gasteiger partial charge < -0.3 is 5.32 Å². The number of hydrogen-bond donors (Lipinski definition) is 2. The van der Waals surface area contributed by atoms with Gasteiger partial charge in [0.15, 0.2) is 0 Å². The summed E-state index contributed by atoms with van der Waals surface area (Å²) in [7, 11) is 0. The van der Waals surface area contributed by atoms with E-state index in [1.54, 1.807) is 6.92 Å². The predicted molar refractivity (Wildman–Crippen MR) is 47.2 cm³/mol. The van der Waals surface area contributed by atoms with Crippen molar-refractivity contribution in [3.63, 3.8) is 0 Å². The summed E-state index contributed by atoms with van der Waals surface area (Å²) in [6, 6.07) is 0. The molecule has 1 aliphatic heterocycles. The van der Waals surface area contributed by atoms with Crippen LogP contribution >= 0.6 is 0 Å². The molecule has 1 aliphatic rings. The Balaban J connectivity index is 1.94. The number of hydrazine groups is 1. The summed E-state index contributed by atoms with van der Waals surface area (Å²) in [5.41, 5.74) is 3.39. The van der Waals surface area contributed by atoms with Crippen LogP contribution in [-0.4, -0.2) is 29.7 Å². The number of nitrogens with one attached hydrogen (secondary N) is 2. The molecule has 1 rings (SSSR count). The fraction of sp³-hybridized carbons (Fsp3) is 0.875. The van der Waals surface area contributed by atoms with Crippen molar-refractivity contribution in [2.75, 3.05) is 13.1 Å². The minimum atomic E-state index is 0.0491. The molecule has 1 saturated heterocycles. The van der Waals surface area contributed by atoms with Crippen molar-refractivity contribution in [2.45, 2.75) is 32.9 Å². The highest BCUT2D eigenvalue weighted by Gasteiger charge is 2.41. The van der Waals surface area contributed by atoms with Crippen molar-refractivity contribution < 1.29 is 4.79 Å². The van der Waals surface area contributed by atoms with E-state index >= 15 is 0 Å². The van der Waals surface area contributed by atoms with Gasteiger partial charge in [-0.2, -0.15) is 0 Å². The minimum absolute atomic E-state index is 0.0491. The maximum atomic E-state index is 10.5. The first-order valence-electron chi connectivity index (χ1n) is 4.32. The highest BCUT2D eigenvalue weighted by Crippen LogP contribution is 2.22. The van der Waals surface area contributed by atoms with Gasteiger partial charge >= 0.3 is 0 Å². The summed E-state index contributed by atoms with van der Waals surface area (Å²) in [6.45, 7) is 7.56. The molecule has 0 bridgehead atoms. The number of carbonyl (C=O) groups is 1. The van der Waals surface area contributed by atoms with Crippen molar-refractivity contribution in [3.05, 3.63) is 0 Å². The molecule has 0 aromatic rings. The van der Waals surface area contributed by atoms with Gasteiger partial charge in [0, 0.05) is 20.0 Å². The molecule has 0 aromatic heterocycles. The molecule has 2 N–H and O–H groups in total. The van der Waals surface area contributed by atoms with Gasteiger partial charge in [0.05, 0.1) is 5.66 Å². The third-order valence-corrected chi connectivity index (χ3v) is 1.97. The summed E-state index contributed by atoms with van der Waals surface area (Å²) in [5, 5.41) is 4.92. The first-order valence-corrected chi connectivity index (χ1v) is 4.32. The Labute approximate surface area is 73.3 Å². The Morgan fingerprint density at radius 2 is 2.17 bits per heavy atom. The van der Waals surface area contributed by atoms with Crippen molar-refractivity contribution in [3.8, 4) is 0 Å². The van der Waals surface area contributed by atoms with E-state index in [4.69, 9.17) is 0 Å². The lowest BCUT2D eigenvalue weighted by atomic mass is 10.3. The summed E-state index contributed by atoms with van der Waals surface area (Å²) in [4.78, 5) is 10.5. The van der Waals surface area contributed by atoms with Crippen LogP contribution in [0.2, 0.25) is 0 Å². The van der Waals surface area contributed by atoms with Gasteiger partial charge in [-0.15, -0.1) is 0 Å². The van der Waals surface area contributed by atoms with Crippen LogP contribution in [0, 0.1) is 0 Å². The van der Waals surface area contributed by atoms with E-state index < -0.39 is 0 Å². The molecule has 1 amide bonds. The molecule has 0 aromatic carbocycles. The first-order chi connectivity index (χ1) is 5.52. The molecule has 1 heterocycles. The summed E-state index contributed by atoms with van der Waals surface area (Å²) in [5.74, 6) is 0.0491. The lowest BCUT2D eigenvalue weighted by Gasteiger charge is -2.03. The zero-order chi connectivity index (χ0) is 9.19. The fourth-order valence-corrected chi connectivity index (χ4v) is 1.14. The standard InChI is InChI=1S/C8H17N3O/c1-7(12)9-5-4-6-11-8(2,3)10-11/h10H,4-6H2,1-3H3,(H,9,12). The maximum Gasteiger partial charge on any atom is 0.216 e. The molecule has 4 heteroatoms. The van der Waals surface area contributed by atoms with Gasteiger partial charge in [-0.25, -0.2) is 10.4 Å². The number of nitrogens with zero attached hydrogens (tertiary/aromatic N) is 1. The number of carbonyl (C=O) groups excluding carboxylic acids is 1. The predicted octanol–water partition coefficient (Wildman–Crippen LogP) is 0.0689. The second-order valence-electron chi connectivity index (χ2n) is 3.66. The van der Waals surface area contributed by atoms with Crippen LogP contribution in [0.15, 0.2) is 0 Å². The van der Waals surface area contributed by atoms with Gasteiger partial charge in [-0.3, -0.25) is 4.79 Å². The Morgan fingerprint density at radius 3 is 2.58 bits per heavy atom. The van der Waals surface area contributed by atoms with Crippen molar-refractivity contribution in [1.82, 2.24) is 15.8 Å². The zero-order valence-electron chi connectivity index (χ0n) is 7.98. The largest absolute Gasteiger partial charge is 0.356 e. The number of amides is 1. The lowest BCUT2D eigenvalue weighted by molar-refractivity contribution is -0.118. The minimum Gasteiger partial charge on any atom is -0.356 e. The van der Waals surface area contributed by atoms with Crippen LogP contribution in [0.4, 0.5) is 0 Å². The van der Waals surface area contributed by atoms with Crippen LogP contribution < -0.4 is 10.7 Å². The van der Waals surface area contributed by atoms with Gasteiger partial charge in [0.2, 0.25) is 5.91 Å². The molecule has 1 atom stereocenters. The smallest absolute Gasteiger partial charge is 0.216 e. The molecule has 12 heavy (non-hydrogen) atoms.